The largest absolute Gasteiger partial charge is 0.492 e. The zero-order chi connectivity index (χ0) is 21.4. The Morgan fingerprint density at radius 1 is 1.17 bits per heavy atom. The fourth-order valence-electron chi connectivity index (χ4n) is 2.96. The summed E-state index contributed by atoms with van der Waals surface area (Å²) in [4.78, 5) is 12.7. The van der Waals surface area contributed by atoms with E-state index in [-0.39, 0.29) is 19.1 Å². The summed E-state index contributed by atoms with van der Waals surface area (Å²) < 4.78 is 31.5. The molecule has 0 unspecified atom stereocenters. The number of carbonyl (C=O) groups excluding carboxylic acids is 1. The molecule has 0 spiro atoms. The summed E-state index contributed by atoms with van der Waals surface area (Å²) >= 11 is 6.01. The van der Waals surface area contributed by atoms with Crippen molar-refractivity contribution in [2.75, 3.05) is 23.7 Å². The van der Waals surface area contributed by atoms with Crippen molar-refractivity contribution in [2.45, 2.75) is 32.7 Å². The molecule has 1 amide bonds. The van der Waals surface area contributed by atoms with E-state index in [1.165, 1.54) is 11.6 Å². The zero-order valence-electron chi connectivity index (χ0n) is 16.9. The molecular weight excluding hydrogens is 412 g/mol. The van der Waals surface area contributed by atoms with Crippen LogP contribution in [-0.4, -0.2) is 39.8 Å². The molecule has 1 atom stereocenters. The molecular formula is C21H27ClN2O4S. The van der Waals surface area contributed by atoms with Crippen LogP contribution >= 0.6 is 11.6 Å². The summed E-state index contributed by atoms with van der Waals surface area (Å²) in [7, 11) is -3.69. The molecule has 0 fully saturated rings. The first-order valence-corrected chi connectivity index (χ1v) is 11.7. The molecule has 1 N–H and O–H groups in total. The fourth-order valence-corrected chi connectivity index (χ4v) is 4.34. The second-order valence-corrected chi connectivity index (χ2v) is 8.90. The van der Waals surface area contributed by atoms with Crippen LogP contribution in [0.3, 0.4) is 0 Å². The first kappa shape index (κ1) is 23.0. The smallest absolute Gasteiger partial charge is 0.244 e. The van der Waals surface area contributed by atoms with Gasteiger partial charge in [-0.05, 0) is 48.7 Å². The third-order valence-electron chi connectivity index (χ3n) is 4.39. The van der Waals surface area contributed by atoms with Crippen LogP contribution in [-0.2, 0) is 21.2 Å². The lowest BCUT2D eigenvalue weighted by Crippen LogP contribution is -2.50. The number of nitrogens with zero attached hydrogens (tertiary/aromatic N) is 1. The molecule has 8 heteroatoms. The maximum absolute atomic E-state index is 12.7. The van der Waals surface area contributed by atoms with Crippen molar-refractivity contribution in [2.24, 2.45) is 0 Å². The number of amides is 1. The first-order valence-electron chi connectivity index (χ1n) is 9.50. The highest BCUT2D eigenvalue weighted by atomic mass is 35.5. The minimum absolute atomic E-state index is 0.262. The van der Waals surface area contributed by atoms with Gasteiger partial charge in [0, 0.05) is 5.02 Å². The van der Waals surface area contributed by atoms with Crippen LogP contribution in [0.1, 0.15) is 25.8 Å². The normalized spacial score (nSPS) is 12.3. The number of carbonyl (C=O) groups is 1. The first-order chi connectivity index (χ1) is 13.8. The Morgan fingerprint density at radius 3 is 2.41 bits per heavy atom. The second kappa shape index (κ2) is 10.5. The Morgan fingerprint density at radius 2 is 1.86 bits per heavy atom. The van der Waals surface area contributed by atoms with Crippen molar-refractivity contribution in [3.63, 3.8) is 0 Å². The summed E-state index contributed by atoms with van der Waals surface area (Å²) in [6, 6.07) is 13.3. The Kier molecular flexibility index (Phi) is 8.34. The molecule has 0 aliphatic rings. The van der Waals surface area contributed by atoms with Crippen LogP contribution in [0.5, 0.6) is 5.75 Å². The van der Waals surface area contributed by atoms with E-state index >= 15 is 0 Å². The summed E-state index contributed by atoms with van der Waals surface area (Å²) in [5, 5.41) is 3.16. The predicted octanol–water partition coefficient (Wildman–Crippen LogP) is 3.64. The van der Waals surface area contributed by atoms with Gasteiger partial charge in [0.15, 0.2) is 0 Å². The number of rotatable bonds is 10. The second-order valence-electron chi connectivity index (χ2n) is 6.60. The number of nitrogens with one attached hydrogen (secondary N) is 1. The Hall–Kier alpha value is -2.25. The van der Waals surface area contributed by atoms with Gasteiger partial charge in [-0.3, -0.25) is 9.10 Å². The van der Waals surface area contributed by atoms with Gasteiger partial charge in [-0.1, -0.05) is 43.6 Å². The summed E-state index contributed by atoms with van der Waals surface area (Å²) in [5.74, 6) is 0.336. The molecule has 0 aromatic heterocycles. The highest BCUT2D eigenvalue weighted by Gasteiger charge is 2.31. The third kappa shape index (κ3) is 6.65. The van der Waals surface area contributed by atoms with Crippen molar-refractivity contribution in [3.05, 3.63) is 59.1 Å². The van der Waals surface area contributed by atoms with Crippen LogP contribution in [0, 0.1) is 0 Å². The summed E-state index contributed by atoms with van der Waals surface area (Å²) in [5.41, 5.74) is 1.58. The molecule has 0 radical (unpaired) electrons. The van der Waals surface area contributed by atoms with E-state index in [2.05, 4.69) is 12.2 Å². The van der Waals surface area contributed by atoms with Crippen LogP contribution in [0.15, 0.2) is 48.5 Å². The van der Waals surface area contributed by atoms with Gasteiger partial charge >= 0.3 is 0 Å². The number of sulfonamides is 1. The Bertz CT molecular complexity index is 917. The van der Waals surface area contributed by atoms with Gasteiger partial charge in [-0.25, -0.2) is 8.42 Å². The number of halogens is 1. The minimum atomic E-state index is -3.69. The van der Waals surface area contributed by atoms with Crippen molar-refractivity contribution < 1.29 is 17.9 Å². The van der Waals surface area contributed by atoms with Gasteiger partial charge in [-0.2, -0.15) is 0 Å². The molecule has 2 aromatic rings. The standard InChI is InChI=1S/C21H27ClN2O4S/c1-4-16-9-11-19(12-10-16)28-14-13-23-21(25)20(5-2)24(29(3,26)27)18-8-6-7-17(22)15-18/h6-12,15,20H,4-5,13-14H2,1-3H3,(H,23,25)/t20-/m0/s1. The third-order valence-corrected chi connectivity index (χ3v) is 5.81. The number of hydrogen-bond donors (Lipinski definition) is 1. The minimum Gasteiger partial charge on any atom is -0.492 e. The van der Waals surface area contributed by atoms with Crippen LogP contribution < -0.4 is 14.4 Å². The topological polar surface area (TPSA) is 75.7 Å². The maximum atomic E-state index is 12.7. The Labute approximate surface area is 177 Å². The molecule has 0 saturated heterocycles. The summed E-state index contributed by atoms with van der Waals surface area (Å²) in [6.07, 6.45) is 2.34. The van der Waals surface area contributed by atoms with E-state index in [9.17, 15) is 13.2 Å². The lowest BCUT2D eigenvalue weighted by Gasteiger charge is -2.30. The zero-order valence-corrected chi connectivity index (χ0v) is 18.5. The van der Waals surface area contributed by atoms with Gasteiger partial charge in [-0.15, -0.1) is 0 Å². The van der Waals surface area contributed by atoms with E-state index < -0.39 is 16.1 Å². The van der Waals surface area contributed by atoms with Crippen molar-refractivity contribution in [1.82, 2.24) is 5.32 Å². The van der Waals surface area contributed by atoms with Crippen LogP contribution in [0.4, 0.5) is 5.69 Å². The van der Waals surface area contributed by atoms with Gasteiger partial charge in [0.25, 0.3) is 0 Å². The van der Waals surface area contributed by atoms with E-state index in [0.29, 0.717) is 17.1 Å². The monoisotopic (exact) mass is 438 g/mol. The summed E-state index contributed by atoms with van der Waals surface area (Å²) in [6.45, 7) is 4.39. The fraction of sp³-hybridized carbons (Fsp3) is 0.381. The number of benzene rings is 2. The van der Waals surface area contributed by atoms with Gasteiger partial charge in [0.1, 0.15) is 18.4 Å². The molecule has 0 bridgehead atoms. The SMILES string of the molecule is CCc1ccc(OCCNC(=O)[C@H](CC)N(c2cccc(Cl)c2)S(C)(=O)=O)cc1. The highest BCUT2D eigenvalue weighted by Crippen LogP contribution is 2.25. The molecule has 6 nitrogen and oxygen atoms in total. The average molecular weight is 439 g/mol. The van der Waals surface area contributed by atoms with E-state index in [1.807, 2.05) is 24.3 Å². The number of anilines is 1. The van der Waals surface area contributed by atoms with Gasteiger partial charge in [0.2, 0.25) is 15.9 Å². The van der Waals surface area contributed by atoms with Crippen molar-refractivity contribution in [1.29, 1.82) is 0 Å². The quantitative estimate of drug-likeness (QED) is 0.574. The van der Waals surface area contributed by atoms with Crippen molar-refractivity contribution in [3.8, 4) is 5.75 Å². The molecule has 0 heterocycles. The number of ether oxygens (including phenoxy) is 1. The van der Waals surface area contributed by atoms with E-state index in [1.54, 1.807) is 25.1 Å². The molecule has 2 rings (SSSR count). The molecule has 29 heavy (non-hydrogen) atoms. The maximum Gasteiger partial charge on any atom is 0.244 e. The number of aryl methyl sites for hydroxylation is 1. The molecule has 2 aromatic carbocycles. The van der Waals surface area contributed by atoms with E-state index in [4.69, 9.17) is 16.3 Å². The lowest BCUT2D eigenvalue weighted by molar-refractivity contribution is -0.122. The molecule has 0 aliphatic heterocycles. The van der Waals surface area contributed by atoms with Gasteiger partial charge in [0.05, 0.1) is 18.5 Å². The van der Waals surface area contributed by atoms with Crippen molar-refractivity contribution >= 4 is 33.2 Å². The van der Waals surface area contributed by atoms with Crippen LogP contribution in [0.25, 0.3) is 0 Å². The predicted molar refractivity (Wildman–Crippen MR) is 117 cm³/mol. The lowest BCUT2D eigenvalue weighted by atomic mass is 10.2. The molecule has 0 aliphatic carbocycles. The average Bonchev–Trinajstić information content (AvgIpc) is 2.68. The van der Waals surface area contributed by atoms with E-state index in [0.717, 1.165) is 22.7 Å². The molecule has 158 valence electrons. The molecule has 0 saturated carbocycles. The van der Waals surface area contributed by atoms with Crippen LogP contribution in [0.2, 0.25) is 5.02 Å². The highest BCUT2D eigenvalue weighted by molar-refractivity contribution is 7.92. The Balaban J connectivity index is 2.01. The van der Waals surface area contributed by atoms with Gasteiger partial charge < -0.3 is 10.1 Å². The number of hydrogen-bond acceptors (Lipinski definition) is 4.